The molecule has 0 heterocycles. The van der Waals surface area contributed by atoms with E-state index < -0.39 is 0 Å². The minimum absolute atomic E-state index is 0.365. The van der Waals surface area contributed by atoms with Crippen LogP contribution in [0.5, 0.6) is 0 Å². The van der Waals surface area contributed by atoms with Crippen LogP contribution in [0.4, 0.5) is 0 Å². The Morgan fingerprint density at radius 2 is 1.08 bits per heavy atom. The zero-order chi connectivity index (χ0) is 17.4. The molecule has 0 aliphatic carbocycles. The van der Waals surface area contributed by atoms with E-state index in [4.69, 9.17) is 8.85 Å². The smallest absolute Gasteiger partial charge is 0.162 e. The van der Waals surface area contributed by atoms with Crippen molar-refractivity contribution in [3.05, 3.63) is 71.8 Å². The third-order valence-corrected chi connectivity index (χ3v) is 11.1. The first-order valence-electron chi connectivity index (χ1n) is 8.59. The molecule has 0 saturated heterocycles. The van der Waals surface area contributed by atoms with Crippen molar-refractivity contribution in [3.63, 3.8) is 0 Å². The number of hydrogen-bond acceptors (Lipinski definition) is 5. The molecule has 0 unspecified atom stereocenters. The summed E-state index contributed by atoms with van der Waals surface area (Å²) >= 11 is 0. The molecule has 0 spiro atoms. The van der Waals surface area contributed by atoms with Gasteiger partial charge in [0.2, 0.25) is 0 Å². The van der Waals surface area contributed by atoms with Crippen LogP contribution in [0.3, 0.4) is 0 Å². The maximum atomic E-state index is 5.83. The first-order chi connectivity index (χ1) is 12.4. The maximum absolute atomic E-state index is 5.83. The van der Waals surface area contributed by atoms with Gasteiger partial charge in [-0.25, -0.2) is 0 Å². The Labute approximate surface area is 167 Å². The Balaban J connectivity index is 1.30. The topological polar surface area (TPSA) is 18.5 Å². The Bertz CT molecular complexity index is 497. The summed E-state index contributed by atoms with van der Waals surface area (Å²) in [6.45, 7) is 1.57. The lowest BCUT2D eigenvalue weighted by Gasteiger charge is -2.05. The summed E-state index contributed by atoms with van der Waals surface area (Å²) in [4.78, 5) is 0. The van der Waals surface area contributed by atoms with Crippen molar-refractivity contribution in [1.82, 2.24) is 0 Å². The van der Waals surface area contributed by atoms with Gasteiger partial charge in [0, 0.05) is 11.5 Å². The first-order valence-corrected chi connectivity index (χ1v) is 15.6. The largest absolute Gasteiger partial charge is 0.420 e. The monoisotopic (exact) mass is 426 g/mol. The van der Waals surface area contributed by atoms with E-state index in [0.717, 1.165) is 13.2 Å². The van der Waals surface area contributed by atoms with Crippen molar-refractivity contribution in [3.8, 4) is 0 Å². The average molecular weight is 427 g/mol. The molecule has 136 valence electrons. The maximum Gasteiger partial charge on any atom is 0.162 e. The third kappa shape index (κ3) is 11.2. The summed E-state index contributed by atoms with van der Waals surface area (Å²) in [5, 5.41) is 0. The van der Waals surface area contributed by atoms with Crippen LogP contribution in [0.25, 0.3) is 0 Å². The van der Waals surface area contributed by atoms with Gasteiger partial charge in [0.1, 0.15) is 0 Å². The predicted octanol–water partition coefficient (Wildman–Crippen LogP) is 4.45. The molecule has 0 saturated carbocycles. The van der Waals surface area contributed by atoms with E-state index in [1.165, 1.54) is 34.7 Å². The summed E-state index contributed by atoms with van der Waals surface area (Å²) in [6.07, 6.45) is 0. The molecule has 0 atom stereocenters. The lowest BCUT2D eigenvalue weighted by molar-refractivity contribution is 0.324. The zero-order valence-electron chi connectivity index (χ0n) is 14.5. The highest BCUT2D eigenvalue weighted by atomic mass is 33.5. The normalized spacial score (nSPS) is 11.8. The number of benzene rings is 2. The van der Waals surface area contributed by atoms with E-state index in [1.807, 2.05) is 43.5 Å². The second-order valence-electron chi connectivity index (χ2n) is 5.50. The first kappa shape index (κ1) is 21.1. The highest BCUT2D eigenvalue weighted by Gasteiger charge is 1.97. The molecular weight excluding hydrogens is 401 g/mol. The van der Waals surface area contributed by atoms with Crippen molar-refractivity contribution >= 4 is 50.9 Å². The van der Waals surface area contributed by atoms with Crippen LogP contribution >= 0.6 is 31.4 Å². The summed E-state index contributed by atoms with van der Waals surface area (Å²) in [5.41, 5.74) is 2.57. The molecular formula is C18H26O2S3Si2. The number of rotatable bonds is 14. The second-order valence-corrected chi connectivity index (χ2v) is 13.0. The summed E-state index contributed by atoms with van der Waals surface area (Å²) in [7, 11) is 5.14. The average Bonchev–Trinajstić information content (AvgIpc) is 2.67. The fraction of sp³-hybridized carbons (Fsp3) is 0.333. The molecule has 0 fully saturated rings. The molecule has 0 bridgehead atoms. The molecule has 0 amide bonds. The Hall–Kier alpha value is -0.156. The Morgan fingerprint density at radius 3 is 1.52 bits per heavy atom. The van der Waals surface area contributed by atoms with Crippen LogP contribution in [-0.2, 0) is 22.1 Å². The van der Waals surface area contributed by atoms with Gasteiger partial charge in [-0.15, -0.1) is 0 Å². The summed E-state index contributed by atoms with van der Waals surface area (Å²) < 4.78 is 11.7. The van der Waals surface area contributed by atoms with E-state index in [0.29, 0.717) is 0 Å². The van der Waals surface area contributed by atoms with Crippen LogP contribution in [0.15, 0.2) is 60.7 Å². The number of hydrogen-bond donors (Lipinski definition) is 0. The van der Waals surface area contributed by atoms with Crippen LogP contribution in [0.2, 0.25) is 12.1 Å². The van der Waals surface area contributed by atoms with Crippen LogP contribution in [0, 0.1) is 0 Å². The molecule has 2 aromatic rings. The molecule has 0 N–H and O–H groups in total. The molecule has 2 rings (SSSR count). The van der Waals surface area contributed by atoms with E-state index in [-0.39, 0.29) is 19.5 Å². The van der Waals surface area contributed by atoms with E-state index in [9.17, 15) is 0 Å². The standard InChI is InChI=1S/C18H26O2S3Si2/c1-3-7-17(8-4-1)15-19-24-13-11-21-23-22-12-14-25-20-16-18-9-5-2-6-10-18/h1-10H,11-16,24-25H2. The lowest BCUT2D eigenvalue weighted by atomic mass is 10.2. The minimum atomic E-state index is -0.365. The molecule has 2 aromatic carbocycles. The van der Waals surface area contributed by atoms with Crippen molar-refractivity contribution in [2.75, 3.05) is 11.5 Å². The van der Waals surface area contributed by atoms with Crippen molar-refractivity contribution in [2.45, 2.75) is 25.3 Å². The van der Waals surface area contributed by atoms with Gasteiger partial charge in [0.25, 0.3) is 0 Å². The van der Waals surface area contributed by atoms with Gasteiger partial charge in [-0.05, 0) is 33.0 Å². The highest BCUT2D eigenvalue weighted by Crippen LogP contribution is 2.35. The third-order valence-electron chi connectivity index (χ3n) is 3.35. The van der Waals surface area contributed by atoms with Gasteiger partial charge in [0.05, 0.1) is 13.2 Å². The molecule has 0 aliphatic heterocycles. The zero-order valence-corrected chi connectivity index (χ0v) is 19.7. The quantitative estimate of drug-likeness (QED) is 0.251. The van der Waals surface area contributed by atoms with Crippen molar-refractivity contribution in [1.29, 1.82) is 0 Å². The van der Waals surface area contributed by atoms with Gasteiger partial charge in [-0.1, -0.05) is 82.3 Å². The second kappa shape index (κ2) is 15.0. The Morgan fingerprint density at radius 1 is 0.640 bits per heavy atom. The Kier molecular flexibility index (Phi) is 12.7. The lowest BCUT2D eigenvalue weighted by Crippen LogP contribution is -1.99. The van der Waals surface area contributed by atoms with Gasteiger partial charge in [-0.2, -0.15) is 0 Å². The van der Waals surface area contributed by atoms with Gasteiger partial charge < -0.3 is 8.85 Å². The van der Waals surface area contributed by atoms with Crippen molar-refractivity contribution < 1.29 is 8.85 Å². The minimum Gasteiger partial charge on any atom is -0.420 e. The van der Waals surface area contributed by atoms with Gasteiger partial charge >= 0.3 is 0 Å². The van der Waals surface area contributed by atoms with Crippen LogP contribution in [0.1, 0.15) is 11.1 Å². The van der Waals surface area contributed by atoms with E-state index in [1.54, 1.807) is 0 Å². The summed E-state index contributed by atoms with van der Waals surface area (Å²) in [5.74, 6) is 2.42. The SMILES string of the molecule is c1ccc(CO[SiH2]CCSSSCC[SiH2]OCc2ccccc2)cc1. The molecule has 0 aliphatic rings. The van der Waals surface area contributed by atoms with Crippen LogP contribution < -0.4 is 0 Å². The van der Waals surface area contributed by atoms with E-state index >= 15 is 0 Å². The molecule has 7 heteroatoms. The van der Waals surface area contributed by atoms with Gasteiger partial charge in [0.15, 0.2) is 19.5 Å². The molecule has 0 aromatic heterocycles. The molecule has 0 radical (unpaired) electrons. The fourth-order valence-electron chi connectivity index (χ4n) is 2.07. The molecule has 25 heavy (non-hydrogen) atoms. The van der Waals surface area contributed by atoms with Crippen molar-refractivity contribution in [2.24, 2.45) is 0 Å². The highest BCUT2D eigenvalue weighted by molar-refractivity contribution is 9.09. The predicted molar refractivity (Wildman–Crippen MR) is 122 cm³/mol. The fourth-order valence-corrected chi connectivity index (χ4v) is 9.90. The van der Waals surface area contributed by atoms with Crippen LogP contribution in [-0.4, -0.2) is 31.0 Å². The van der Waals surface area contributed by atoms with Gasteiger partial charge in [-0.3, -0.25) is 0 Å². The van der Waals surface area contributed by atoms with E-state index in [2.05, 4.69) is 48.5 Å². The molecule has 2 nitrogen and oxygen atoms in total. The summed E-state index contributed by atoms with van der Waals surface area (Å²) in [6, 6.07) is 23.4.